The fourth-order valence-electron chi connectivity index (χ4n) is 11.6. The summed E-state index contributed by atoms with van der Waals surface area (Å²) in [6.45, 7) is 3.53. The van der Waals surface area contributed by atoms with Gasteiger partial charge in [0.1, 0.15) is 0 Å². The third kappa shape index (κ3) is 14.0. The van der Waals surface area contributed by atoms with Crippen molar-refractivity contribution in [3.8, 4) is 11.1 Å². The van der Waals surface area contributed by atoms with Crippen molar-refractivity contribution in [3.05, 3.63) is 360 Å². The van der Waals surface area contributed by atoms with Crippen LogP contribution in [0.3, 0.4) is 0 Å². The second-order valence-electron chi connectivity index (χ2n) is 21.4. The molecule has 11 aromatic rings. The van der Waals surface area contributed by atoms with Crippen molar-refractivity contribution < 1.29 is 107 Å². The van der Waals surface area contributed by atoms with Crippen LogP contribution in [0.15, 0.2) is 206 Å². The van der Waals surface area contributed by atoms with Crippen molar-refractivity contribution in [2.75, 3.05) is 0 Å². The maximum Gasteiger partial charge on any atom is 2.00 e. The zero-order valence-corrected chi connectivity index (χ0v) is 51.9. The molecule has 0 amide bonds. The van der Waals surface area contributed by atoms with Crippen molar-refractivity contribution in [2.45, 2.75) is 25.7 Å². The van der Waals surface area contributed by atoms with Gasteiger partial charge in [0.2, 0.25) is 17.5 Å². The molecule has 0 saturated carbocycles. The Morgan fingerprint density at radius 3 is 1.37 bits per heavy atom. The Balaban J connectivity index is 0.000000203. The fourth-order valence-corrected chi connectivity index (χ4v) is 11.6. The van der Waals surface area contributed by atoms with Crippen molar-refractivity contribution in [3.63, 3.8) is 0 Å². The average Bonchev–Trinajstić information content (AvgIpc) is 1.56. The Labute approximate surface area is 553 Å². The summed E-state index contributed by atoms with van der Waals surface area (Å²) < 4.78 is 226. The predicted octanol–water partition coefficient (Wildman–Crippen LogP) is 19.7. The van der Waals surface area contributed by atoms with Gasteiger partial charge in [-0.15, -0.1) is 69.9 Å². The van der Waals surface area contributed by atoms with Gasteiger partial charge in [0.15, 0.2) is 69.8 Å². The third-order valence-corrected chi connectivity index (χ3v) is 15.6. The number of allylic oxidation sites excluding steroid dienone is 4. The number of fused-ring (bicyclic) bond motifs is 3. The molecule has 0 aliphatic heterocycles. The molecule has 476 valence electrons. The maximum absolute atomic E-state index is 15.9. The molecular formula is C75H46BF15O3Zr. The van der Waals surface area contributed by atoms with Gasteiger partial charge < -0.3 is 15.1 Å². The smallest absolute Gasteiger partial charge is 0.402 e. The molecule has 0 spiro atoms. The molecule has 0 fully saturated rings. The average molecular weight is 1380 g/mol. The number of rotatable bonds is 9. The molecule has 11 aromatic carbocycles. The van der Waals surface area contributed by atoms with Crippen LogP contribution in [0.4, 0.5) is 65.9 Å². The van der Waals surface area contributed by atoms with Crippen LogP contribution in [0.5, 0.6) is 0 Å². The number of benzene rings is 10. The van der Waals surface area contributed by atoms with E-state index >= 15 is 26.3 Å². The molecule has 2 atom stereocenters. The van der Waals surface area contributed by atoms with Gasteiger partial charge in [-0.1, -0.05) is 199 Å². The summed E-state index contributed by atoms with van der Waals surface area (Å²) in [7, 11) is -2.17. The van der Waals surface area contributed by atoms with Crippen LogP contribution in [0.1, 0.15) is 80.0 Å². The minimum absolute atomic E-state index is 0. The van der Waals surface area contributed by atoms with Crippen LogP contribution < -0.4 is 0 Å². The van der Waals surface area contributed by atoms with E-state index in [0.717, 1.165) is 34.4 Å². The second-order valence-corrected chi connectivity index (χ2v) is 21.4. The summed E-state index contributed by atoms with van der Waals surface area (Å²) in [5, 5.41) is 24.2. The van der Waals surface area contributed by atoms with E-state index in [9.17, 15) is 39.5 Å². The maximum atomic E-state index is 15.9. The summed E-state index contributed by atoms with van der Waals surface area (Å²) in [5.74, 6) is -42.8. The minimum atomic E-state index is -2.75. The first-order chi connectivity index (χ1) is 45.0. The molecule has 0 saturated heterocycles. The standard InChI is InChI=1S/C37H13F15.C28H21.C10H9.BH3O3.Zr/c1-10-9-11-5-2-3-6-12(11)15(10)17-13-7-4-8-14(18-23(38)29(44)35(50)30(45)24(18)39)16(13)19(21-25(40)31(46)36(51)32(47)26(21)41)20(17)22-27(42)33(48)37(52)34(49)28(22)43;1-5-13-23(14-6-1)21-27(25-17-9-3-10-18-25)28(26-19-11-4-12-20-26)22-24-15-7-2-8-16-24;1-8-6-9-4-2-3-5-10(9)7-8;2-1(3)4;/h2-9,15,17H,1H3;1-21H;2-7H,1H3;2-4H;/q;2*-1;;+2. The molecule has 3 N–H and O–H groups in total. The summed E-state index contributed by atoms with van der Waals surface area (Å²) >= 11 is 0. The van der Waals surface area contributed by atoms with Crippen LogP contribution >= 0.6 is 0 Å². The molecule has 95 heavy (non-hydrogen) atoms. The Morgan fingerprint density at radius 2 is 0.842 bits per heavy atom. The van der Waals surface area contributed by atoms with Crippen LogP contribution in [0.25, 0.3) is 56.3 Å². The molecule has 2 aliphatic rings. The Kier molecular flexibility index (Phi) is 22.0. The number of hydrogen-bond donors (Lipinski definition) is 3. The van der Waals surface area contributed by atoms with Gasteiger partial charge in [-0.25, -0.2) is 65.9 Å². The minimum Gasteiger partial charge on any atom is -0.402 e. The first-order valence-electron chi connectivity index (χ1n) is 28.4. The van der Waals surface area contributed by atoms with Gasteiger partial charge in [-0.05, 0) is 45.9 Å². The first kappa shape index (κ1) is 69.9. The zero-order chi connectivity index (χ0) is 67.4. The van der Waals surface area contributed by atoms with E-state index in [1.165, 1.54) is 64.7 Å². The SMILES string of the molecule is CC1=Cc2ccccc2C1C1C(c2c(F)c(F)c(F)c(F)c2F)=C(c2c(F)c(F)c(F)c(F)c2F)c2c(-c3c(F)c(F)c(F)c(F)c3F)cccc21.Cc1cc2ccccc2[cH-]1.OB(O)O.[C-](=C(C(=Cc1ccccc1)c1ccccc1)c1ccccc1)c1ccccc1.[Zr+2]. The van der Waals surface area contributed by atoms with Gasteiger partial charge in [0.05, 0.1) is 16.7 Å². The van der Waals surface area contributed by atoms with Gasteiger partial charge in [0, 0.05) is 17.4 Å². The van der Waals surface area contributed by atoms with Gasteiger partial charge >= 0.3 is 33.5 Å². The van der Waals surface area contributed by atoms with Gasteiger partial charge in [-0.3, -0.25) is 0 Å². The largest absolute Gasteiger partial charge is 2.00 e. The molecule has 2 unspecified atom stereocenters. The topological polar surface area (TPSA) is 60.7 Å². The first-order valence-corrected chi connectivity index (χ1v) is 28.4. The fraction of sp³-hybridized carbons (Fsp3) is 0.0533. The monoisotopic (exact) mass is 1380 g/mol. The van der Waals surface area contributed by atoms with E-state index in [2.05, 4.69) is 146 Å². The van der Waals surface area contributed by atoms with Crippen LogP contribution in [-0.4, -0.2) is 22.4 Å². The number of hydrogen-bond acceptors (Lipinski definition) is 3. The summed E-state index contributed by atoms with van der Waals surface area (Å²) in [6, 6.07) is 63.0. The molecule has 20 heteroatoms. The van der Waals surface area contributed by atoms with Crippen LogP contribution in [-0.2, 0) is 26.2 Å². The molecule has 3 nitrogen and oxygen atoms in total. The van der Waals surface area contributed by atoms with Crippen molar-refractivity contribution in [2.24, 2.45) is 0 Å². The van der Waals surface area contributed by atoms with E-state index in [1.54, 1.807) is 0 Å². The van der Waals surface area contributed by atoms with E-state index < -0.39 is 151 Å². The summed E-state index contributed by atoms with van der Waals surface area (Å²) in [5.41, 5.74) is -2.52. The van der Waals surface area contributed by atoms with E-state index in [1.807, 2.05) is 30.3 Å². The van der Waals surface area contributed by atoms with Crippen LogP contribution in [0, 0.1) is 100 Å². The zero-order valence-electron chi connectivity index (χ0n) is 49.5. The quantitative estimate of drug-likeness (QED) is 0.0257. The molecule has 0 heterocycles. The molecule has 0 aromatic heterocycles. The molecule has 2 aliphatic carbocycles. The summed E-state index contributed by atoms with van der Waals surface area (Å²) in [4.78, 5) is 0. The summed E-state index contributed by atoms with van der Waals surface area (Å²) in [6.07, 6.45) is 7.39. The number of halogens is 15. The third-order valence-electron chi connectivity index (χ3n) is 15.6. The van der Waals surface area contributed by atoms with E-state index in [0.29, 0.717) is 11.6 Å². The normalized spacial score (nSPS) is 14.0. The van der Waals surface area contributed by atoms with Gasteiger partial charge in [0.25, 0.3) is 0 Å². The predicted molar refractivity (Wildman–Crippen MR) is 332 cm³/mol. The second kappa shape index (κ2) is 29.9. The molecule has 0 bridgehead atoms. The van der Waals surface area contributed by atoms with Crippen molar-refractivity contribution >= 4 is 52.5 Å². The van der Waals surface area contributed by atoms with Crippen molar-refractivity contribution in [1.82, 2.24) is 0 Å². The van der Waals surface area contributed by atoms with E-state index in [-0.39, 0.29) is 37.3 Å². The van der Waals surface area contributed by atoms with E-state index in [4.69, 9.17) is 15.1 Å². The van der Waals surface area contributed by atoms with Gasteiger partial charge in [-0.2, -0.15) is 6.07 Å². The molecule has 13 rings (SSSR count). The molecular weight excluding hydrogens is 1340 g/mol. The Morgan fingerprint density at radius 1 is 0.421 bits per heavy atom. The van der Waals surface area contributed by atoms with Crippen LogP contribution in [0.2, 0.25) is 0 Å². The number of aryl methyl sites for hydroxylation is 1. The molecule has 0 radical (unpaired) electrons. The Bertz CT molecular complexity index is 4590. The Hall–Kier alpha value is -9.45. The van der Waals surface area contributed by atoms with Crippen molar-refractivity contribution in [1.29, 1.82) is 0 Å².